The number of nitrogens with one attached hydrogen (secondary N) is 1. The van der Waals surface area contributed by atoms with Crippen molar-refractivity contribution in [3.63, 3.8) is 0 Å². The third kappa shape index (κ3) is 6.50. The summed E-state index contributed by atoms with van der Waals surface area (Å²) in [7, 11) is -3.53. The van der Waals surface area contributed by atoms with E-state index in [0.717, 1.165) is 34.9 Å². The molecule has 0 aliphatic rings. The van der Waals surface area contributed by atoms with Crippen LogP contribution < -0.4 is 5.32 Å². The van der Waals surface area contributed by atoms with Gasteiger partial charge < -0.3 is 5.32 Å². The standard InChI is InChI=1S/C23H25N3O3S/c1-18-3-5-21(6-4-18)16-26(30(2,28)29)17-23(27)25-22-9-7-19(8-10-22)15-20-11-13-24-14-12-20/h3-14H,15-17H2,1-2H3,(H,25,27). The van der Waals surface area contributed by atoms with Gasteiger partial charge in [0.15, 0.2) is 0 Å². The Morgan fingerprint density at radius 2 is 1.47 bits per heavy atom. The molecule has 3 aromatic rings. The van der Waals surface area contributed by atoms with Crippen LogP contribution in [-0.4, -0.2) is 36.4 Å². The molecule has 0 unspecified atom stereocenters. The van der Waals surface area contributed by atoms with Gasteiger partial charge in [0.25, 0.3) is 0 Å². The highest BCUT2D eigenvalue weighted by molar-refractivity contribution is 7.88. The first-order valence-corrected chi connectivity index (χ1v) is 11.4. The second-order valence-corrected chi connectivity index (χ2v) is 9.28. The molecule has 0 aliphatic heterocycles. The molecule has 6 nitrogen and oxygen atoms in total. The van der Waals surface area contributed by atoms with Crippen LogP contribution in [0.25, 0.3) is 0 Å². The number of aryl methyl sites for hydroxylation is 1. The molecule has 0 saturated carbocycles. The Morgan fingerprint density at radius 1 is 0.900 bits per heavy atom. The number of benzene rings is 2. The predicted octanol–water partition coefficient (Wildman–Crippen LogP) is 3.38. The van der Waals surface area contributed by atoms with Crippen LogP contribution in [0.5, 0.6) is 0 Å². The molecular formula is C23H25N3O3S. The summed E-state index contributed by atoms with van der Waals surface area (Å²) < 4.78 is 25.5. The van der Waals surface area contributed by atoms with Crippen LogP contribution >= 0.6 is 0 Å². The number of rotatable bonds is 8. The summed E-state index contributed by atoms with van der Waals surface area (Å²) in [6, 6.07) is 19.0. The van der Waals surface area contributed by atoms with Gasteiger partial charge in [0.1, 0.15) is 0 Å². The van der Waals surface area contributed by atoms with Gasteiger partial charge >= 0.3 is 0 Å². The third-order valence-corrected chi connectivity index (χ3v) is 5.86. The Morgan fingerprint density at radius 3 is 2.07 bits per heavy atom. The fourth-order valence-electron chi connectivity index (χ4n) is 2.99. The summed E-state index contributed by atoms with van der Waals surface area (Å²) >= 11 is 0. The molecule has 3 rings (SSSR count). The molecule has 0 saturated heterocycles. The van der Waals surface area contributed by atoms with Crippen LogP contribution in [0.2, 0.25) is 0 Å². The van der Waals surface area contributed by atoms with Gasteiger partial charge in [-0.2, -0.15) is 4.31 Å². The molecule has 2 aromatic carbocycles. The Kier molecular flexibility index (Phi) is 6.97. The average molecular weight is 424 g/mol. The molecule has 0 bridgehead atoms. The van der Waals surface area contributed by atoms with Crippen molar-refractivity contribution < 1.29 is 13.2 Å². The van der Waals surface area contributed by atoms with Crippen molar-refractivity contribution in [2.45, 2.75) is 19.9 Å². The van der Waals surface area contributed by atoms with E-state index >= 15 is 0 Å². The number of sulfonamides is 1. The maximum Gasteiger partial charge on any atom is 0.239 e. The van der Waals surface area contributed by atoms with Gasteiger partial charge in [-0.05, 0) is 54.3 Å². The minimum absolute atomic E-state index is 0.150. The van der Waals surface area contributed by atoms with Crippen LogP contribution in [0.15, 0.2) is 73.1 Å². The Hall–Kier alpha value is -3.03. The van der Waals surface area contributed by atoms with E-state index in [9.17, 15) is 13.2 Å². The normalized spacial score (nSPS) is 11.4. The van der Waals surface area contributed by atoms with Gasteiger partial charge in [-0.1, -0.05) is 42.0 Å². The van der Waals surface area contributed by atoms with Crippen LogP contribution in [0.1, 0.15) is 22.3 Å². The van der Waals surface area contributed by atoms with Crippen molar-refractivity contribution in [3.05, 3.63) is 95.3 Å². The SMILES string of the molecule is Cc1ccc(CN(CC(=O)Nc2ccc(Cc3ccncc3)cc2)S(C)(=O)=O)cc1. The minimum atomic E-state index is -3.53. The predicted molar refractivity (Wildman–Crippen MR) is 119 cm³/mol. The van der Waals surface area contributed by atoms with Crippen LogP contribution in [0.4, 0.5) is 5.69 Å². The number of carbonyl (C=O) groups excluding carboxylic acids is 1. The van der Waals surface area contributed by atoms with Crippen molar-refractivity contribution in [3.8, 4) is 0 Å². The van der Waals surface area contributed by atoms with Crippen molar-refractivity contribution in [1.82, 2.24) is 9.29 Å². The van der Waals surface area contributed by atoms with E-state index in [-0.39, 0.29) is 19.0 Å². The maximum absolute atomic E-state index is 12.5. The molecule has 1 heterocycles. The highest BCUT2D eigenvalue weighted by atomic mass is 32.2. The summed E-state index contributed by atoms with van der Waals surface area (Å²) in [5.41, 5.74) is 4.81. The summed E-state index contributed by atoms with van der Waals surface area (Å²) in [4.78, 5) is 16.5. The average Bonchev–Trinajstić information content (AvgIpc) is 2.71. The number of anilines is 1. The van der Waals surface area contributed by atoms with Crippen molar-refractivity contribution >= 4 is 21.6 Å². The molecule has 30 heavy (non-hydrogen) atoms. The van der Waals surface area contributed by atoms with E-state index in [4.69, 9.17) is 0 Å². The Bertz CT molecular complexity index is 1080. The van der Waals surface area contributed by atoms with Crippen LogP contribution in [0.3, 0.4) is 0 Å². The zero-order valence-corrected chi connectivity index (χ0v) is 17.9. The largest absolute Gasteiger partial charge is 0.325 e. The van der Waals surface area contributed by atoms with Gasteiger partial charge in [0, 0.05) is 24.6 Å². The molecule has 1 amide bonds. The Balaban J connectivity index is 1.61. The lowest BCUT2D eigenvalue weighted by atomic mass is 10.1. The molecule has 156 valence electrons. The monoisotopic (exact) mass is 423 g/mol. The highest BCUT2D eigenvalue weighted by Gasteiger charge is 2.20. The zero-order valence-electron chi connectivity index (χ0n) is 17.1. The number of hydrogen-bond donors (Lipinski definition) is 1. The fourth-order valence-corrected chi connectivity index (χ4v) is 3.73. The molecular weight excluding hydrogens is 398 g/mol. The lowest BCUT2D eigenvalue weighted by Crippen LogP contribution is -2.36. The molecule has 0 radical (unpaired) electrons. The molecule has 0 spiro atoms. The maximum atomic E-state index is 12.5. The summed E-state index contributed by atoms with van der Waals surface area (Å²) in [5, 5.41) is 2.78. The zero-order chi connectivity index (χ0) is 21.6. The molecule has 0 atom stereocenters. The van der Waals surface area contributed by atoms with Crippen molar-refractivity contribution in [2.75, 3.05) is 18.1 Å². The van der Waals surface area contributed by atoms with Gasteiger partial charge in [-0.25, -0.2) is 8.42 Å². The second kappa shape index (κ2) is 9.65. The summed E-state index contributed by atoms with van der Waals surface area (Å²) in [6.45, 7) is 1.87. The van der Waals surface area contributed by atoms with Gasteiger partial charge in [0.05, 0.1) is 12.8 Å². The van der Waals surface area contributed by atoms with Crippen molar-refractivity contribution in [2.24, 2.45) is 0 Å². The molecule has 1 aromatic heterocycles. The second-order valence-electron chi connectivity index (χ2n) is 7.29. The fraction of sp³-hybridized carbons (Fsp3) is 0.217. The molecule has 0 aliphatic carbocycles. The third-order valence-electron chi connectivity index (χ3n) is 4.66. The summed E-state index contributed by atoms with van der Waals surface area (Å²) in [5.74, 6) is -0.380. The minimum Gasteiger partial charge on any atom is -0.325 e. The van der Waals surface area contributed by atoms with Gasteiger partial charge in [0.2, 0.25) is 15.9 Å². The number of carbonyl (C=O) groups is 1. The van der Waals surface area contributed by atoms with E-state index in [0.29, 0.717) is 5.69 Å². The highest BCUT2D eigenvalue weighted by Crippen LogP contribution is 2.14. The topological polar surface area (TPSA) is 79.4 Å². The lowest BCUT2D eigenvalue weighted by Gasteiger charge is -2.19. The van der Waals surface area contributed by atoms with Crippen LogP contribution in [-0.2, 0) is 27.8 Å². The van der Waals surface area contributed by atoms with E-state index < -0.39 is 10.0 Å². The van der Waals surface area contributed by atoms with E-state index in [1.54, 1.807) is 12.4 Å². The van der Waals surface area contributed by atoms with Crippen LogP contribution in [0, 0.1) is 6.92 Å². The number of aromatic nitrogens is 1. The van der Waals surface area contributed by atoms with E-state index in [1.165, 1.54) is 4.31 Å². The first kappa shape index (κ1) is 21.7. The molecule has 7 heteroatoms. The smallest absolute Gasteiger partial charge is 0.239 e. The Labute approximate surface area is 177 Å². The van der Waals surface area contributed by atoms with Crippen molar-refractivity contribution in [1.29, 1.82) is 0 Å². The first-order chi connectivity index (χ1) is 14.3. The first-order valence-electron chi connectivity index (χ1n) is 9.58. The van der Waals surface area contributed by atoms with E-state index in [2.05, 4.69) is 10.3 Å². The number of hydrogen-bond acceptors (Lipinski definition) is 4. The lowest BCUT2D eigenvalue weighted by molar-refractivity contribution is -0.116. The number of nitrogens with zero attached hydrogens (tertiary/aromatic N) is 2. The van der Waals surface area contributed by atoms with Gasteiger partial charge in [-0.3, -0.25) is 9.78 Å². The quantitative estimate of drug-likeness (QED) is 0.602. The molecule has 1 N–H and O–H groups in total. The number of amides is 1. The van der Waals surface area contributed by atoms with E-state index in [1.807, 2.05) is 67.6 Å². The molecule has 0 fully saturated rings. The summed E-state index contributed by atoms with van der Waals surface area (Å²) in [6.07, 6.45) is 5.40. The number of pyridine rings is 1. The van der Waals surface area contributed by atoms with Gasteiger partial charge in [-0.15, -0.1) is 0 Å².